The highest BCUT2D eigenvalue weighted by Gasteiger charge is 2.31. The number of anilines is 1. The predicted octanol–water partition coefficient (Wildman–Crippen LogP) is 3.79. The van der Waals surface area contributed by atoms with Crippen molar-refractivity contribution in [1.82, 2.24) is 20.3 Å². The van der Waals surface area contributed by atoms with Gasteiger partial charge in [0.2, 0.25) is 0 Å². The van der Waals surface area contributed by atoms with Crippen molar-refractivity contribution in [3.63, 3.8) is 0 Å². The third-order valence-electron chi connectivity index (χ3n) is 4.99. The third-order valence-corrected chi connectivity index (χ3v) is 4.99. The van der Waals surface area contributed by atoms with E-state index in [0.29, 0.717) is 28.1 Å². The quantitative estimate of drug-likeness (QED) is 0.624. The van der Waals surface area contributed by atoms with E-state index >= 15 is 0 Å². The molecule has 0 atom stereocenters. The molecular formula is C20H18F3N5O. The average Bonchev–Trinajstić information content (AvgIpc) is 3.33. The Morgan fingerprint density at radius 2 is 1.97 bits per heavy atom. The molecule has 150 valence electrons. The van der Waals surface area contributed by atoms with Crippen LogP contribution >= 0.6 is 0 Å². The molecule has 1 aliphatic heterocycles. The van der Waals surface area contributed by atoms with Gasteiger partial charge in [0, 0.05) is 24.7 Å². The number of amides is 1. The first-order valence-corrected chi connectivity index (χ1v) is 9.01. The molecule has 3 aromatic rings. The number of nitrogens with one attached hydrogen (secondary N) is 3. The van der Waals surface area contributed by atoms with Crippen LogP contribution in [-0.4, -0.2) is 34.5 Å². The largest absolute Gasteiger partial charge is 0.416 e. The monoisotopic (exact) mass is 401 g/mol. The van der Waals surface area contributed by atoms with Gasteiger partial charge in [0.25, 0.3) is 5.91 Å². The molecule has 1 aromatic carbocycles. The van der Waals surface area contributed by atoms with E-state index in [1.165, 1.54) is 19.4 Å². The Morgan fingerprint density at radius 3 is 2.69 bits per heavy atom. The van der Waals surface area contributed by atoms with E-state index < -0.39 is 17.6 Å². The number of nitrogens with zero attached hydrogens (tertiary/aromatic N) is 2. The second-order valence-corrected chi connectivity index (χ2v) is 6.80. The van der Waals surface area contributed by atoms with E-state index in [1.807, 2.05) is 0 Å². The summed E-state index contributed by atoms with van der Waals surface area (Å²) in [5, 5.41) is 5.70. The highest BCUT2D eigenvalue weighted by atomic mass is 19.4. The number of carbonyl (C=O) groups is 1. The third kappa shape index (κ3) is 3.32. The van der Waals surface area contributed by atoms with Crippen LogP contribution in [0.2, 0.25) is 0 Å². The number of carbonyl (C=O) groups excluding carboxylic acids is 1. The fourth-order valence-corrected chi connectivity index (χ4v) is 3.53. The van der Waals surface area contributed by atoms with E-state index in [-0.39, 0.29) is 5.69 Å². The van der Waals surface area contributed by atoms with Crippen molar-refractivity contribution in [3.05, 3.63) is 53.0 Å². The van der Waals surface area contributed by atoms with Gasteiger partial charge in [-0.3, -0.25) is 4.79 Å². The number of H-pyrrole nitrogens is 1. The summed E-state index contributed by atoms with van der Waals surface area (Å²) in [6.07, 6.45) is -2.34. The zero-order valence-electron chi connectivity index (χ0n) is 15.7. The molecule has 6 nitrogen and oxygen atoms in total. The maximum atomic E-state index is 13.2. The first kappa shape index (κ1) is 19.0. The number of alkyl halides is 3. The summed E-state index contributed by atoms with van der Waals surface area (Å²) in [6, 6.07) is 5.19. The van der Waals surface area contributed by atoms with Crippen molar-refractivity contribution in [2.45, 2.75) is 19.5 Å². The molecule has 0 radical (unpaired) electrons. The van der Waals surface area contributed by atoms with Crippen LogP contribution in [0.5, 0.6) is 0 Å². The Kier molecular flexibility index (Phi) is 4.52. The predicted molar refractivity (Wildman–Crippen MR) is 103 cm³/mol. The van der Waals surface area contributed by atoms with Crippen molar-refractivity contribution in [3.8, 4) is 22.5 Å². The van der Waals surface area contributed by atoms with Crippen LogP contribution in [0.15, 0.2) is 30.6 Å². The average molecular weight is 401 g/mol. The topological polar surface area (TPSA) is 82.7 Å². The molecule has 0 fully saturated rings. The summed E-state index contributed by atoms with van der Waals surface area (Å²) >= 11 is 0. The van der Waals surface area contributed by atoms with Crippen LogP contribution in [0, 0.1) is 6.92 Å². The van der Waals surface area contributed by atoms with Gasteiger partial charge in [-0.15, -0.1) is 0 Å². The van der Waals surface area contributed by atoms with Crippen LogP contribution in [0.4, 0.5) is 19.0 Å². The van der Waals surface area contributed by atoms with Crippen LogP contribution in [0.3, 0.4) is 0 Å². The number of fused-ring (bicyclic) bond motifs is 1. The van der Waals surface area contributed by atoms with Gasteiger partial charge in [0.15, 0.2) is 0 Å². The highest BCUT2D eigenvalue weighted by molar-refractivity contribution is 6.01. The normalized spacial score (nSPS) is 13.1. The zero-order valence-corrected chi connectivity index (χ0v) is 15.7. The van der Waals surface area contributed by atoms with Crippen LogP contribution in [-0.2, 0) is 12.6 Å². The minimum Gasteiger partial charge on any atom is -0.369 e. The minimum atomic E-state index is -4.48. The van der Waals surface area contributed by atoms with Gasteiger partial charge in [0.1, 0.15) is 17.8 Å². The zero-order chi connectivity index (χ0) is 20.8. The molecule has 0 aliphatic carbocycles. The molecule has 1 amide bonds. The molecule has 0 spiro atoms. The smallest absolute Gasteiger partial charge is 0.369 e. The lowest BCUT2D eigenvalue weighted by atomic mass is 9.97. The number of aromatic amines is 1. The Bertz CT molecular complexity index is 1100. The maximum absolute atomic E-state index is 13.2. The molecule has 0 saturated carbocycles. The summed E-state index contributed by atoms with van der Waals surface area (Å²) in [5.41, 5.74) is 2.86. The first-order valence-electron chi connectivity index (χ1n) is 9.01. The Morgan fingerprint density at radius 1 is 1.17 bits per heavy atom. The molecule has 0 saturated heterocycles. The summed E-state index contributed by atoms with van der Waals surface area (Å²) in [4.78, 5) is 24.1. The standard InChI is InChI=1S/C20H18F3N5O/c1-10-3-4-11(20(21,22)23)7-13(10)14-8-15(28-17(14)19(29)24-2)16-12-5-6-25-18(12)27-9-26-16/h3-4,7-9,28H,5-6H2,1-2H3,(H,24,29)(H,25,26,27). The molecule has 4 rings (SSSR count). The van der Waals surface area contributed by atoms with Gasteiger partial charge in [0.05, 0.1) is 17.0 Å². The molecule has 0 bridgehead atoms. The maximum Gasteiger partial charge on any atom is 0.416 e. The number of aryl methyl sites for hydroxylation is 1. The van der Waals surface area contributed by atoms with Gasteiger partial charge >= 0.3 is 6.18 Å². The van der Waals surface area contributed by atoms with Gasteiger partial charge in [-0.05, 0) is 42.7 Å². The van der Waals surface area contributed by atoms with Crippen LogP contribution < -0.4 is 10.6 Å². The number of halogens is 3. The van der Waals surface area contributed by atoms with E-state index in [9.17, 15) is 18.0 Å². The van der Waals surface area contributed by atoms with Crippen LogP contribution in [0.25, 0.3) is 22.5 Å². The SMILES string of the molecule is CNC(=O)c1[nH]c(-c2ncnc3c2CCN3)cc1-c1cc(C(F)(F)F)ccc1C. The van der Waals surface area contributed by atoms with Crippen molar-refractivity contribution in [2.24, 2.45) is 0 Å². The van der Waals surface area contributed by atoms with Gasteiger partial charge in [-0.25, -0.2) is 9.97 Å². The fraction of sp³-hybridized carbons (Fsp3) is 0.250. The van der Waals surface area contributed by atoms with E-state index in [1.54, 1.807) is 13.0 Å². The molecule has 3 heterocycles. The molecular weight excluding hydrogens is 383 g/mol. The molecule has 9 heteroatoms. The van der Waals surface area contributed by atoms with Crippen molar-refractivity contribution >= 4 is 11.7 Å². The lowest BCUT2D eigenvalue weighted by molar-refractivity contribution is -0.137. The molecule has 2 aromatic heterocycles. The summed E-state index contributed by atoms with van der Waals surface area (Å²) in [6.45, 7) is 2.44. The van der Waals surface area contributed by atoms with Crippen molar-refractivity contribution in [1.29, 1.82) is 0 Å². The highest BCUT2D eigenvalue weighted by Crippen LogP contribution is 2.38. The number of hydrogen-bond donors (Lipinski definition) is 3. The Hall–Kier alpha value is -3.36. The lowest BCUT2D eigenvalue weighted by Gasteiger charge is -2.12. The van der Waals surface area contributed by atoms with Gasteiger partial charge in [-0.1, -0.05) is 6.07 Å². The van der Waals surface area contributed by atoms with E-state index in [0.717, 1.165) is 36.5 Å². The second kappa shape index (κ2) is 6.91. The number of hydrogen-bond acceptors (Lipinski definition) is 4. The van der Waals surface area contributed by atoms with Crippen LogP contribution in [0.1, 0.15) is 27.2 Å². The number of rotatable bonds is 3. The van der Waals surface area contributed by atoms with Crippen molar-refractivity contribution < 1.29 is 18.0 Å². The van der Waals surface area contributed by atoms with Gasteiger partial charge < -0.3 is 15.6 Å². The summed E-state index contributed by atoms with van der Waals surface area (Å²) in [5.74, 6) is 0.301. The van der Waals surface area contributed by atoms with E-state index in [4.69, 9.17) is 0 Å². The lowest BCUT2D eigenvalue weighted by Crippen LogP contribution is -2.19. The first-order chi connectivity index (χ1) is 13.8. The molecule has 1 aliphatic rings. The fourth-order valence-electron chi connectivity index (χ4n) is 3.53. The molecule has 3 N–H and O–H groups in total. The summed E-state index contributed by atoms with van der Waals surface area (Å²) < 4.78 is 39.7. The Balaban J connectivity index is 1.91. The Labute approximate surface area is 164 Å². The molecule has 29 heavy (non-hydrogen) atoms. The second-order valence-electron chi connectivity index (χ2n) is 6.80. The molecule has 0 unspecified atom stereocenters. The van der Waals surface area contributed by atoms with E-state index in [2.05, 4.69) is 25.6 Å². The summed E-state index contributed by atoms with van der Waals surface area (Å²) in [7, 11) is 1.47. The number of benzene rings is 1. The minimum absolute atomic E-state index is 0.184. The number of aromatic nitrogens is 3. The van der Waals surface area contributed by atoms with Crippen molar-refractivity contribution in [2.75, 3.05) is 18.9 Å². The van der Waals surface area contributed by atoms with Gasteiger partial charge in [-0.2, -0.15) is 13.2 Å².